The topological polar surface area (TPSA) is 23.6 Å². The molecule has 2 aromatic carbocycles. The first-order valence-electron chi connectivity index (χ1n) is 12.1. The minimum atomic E-state index is -0.199. The molecule has 1 fully saturated rings. The summed E-state index contributed by atoms with van der Waals surface area (Å²) in [7, 11) is 0. The van der Waals surface area contributed by atoms with Crippen molar-refractivity contribution in [3.8, 4) is 0 Å². The second-order valence-electron chi connectivity index (χ2n) is 9.14. The van der Waals surface area contributed by atoms with E-state index in [1.54, 1.807) is 11.0 Å². The highest BCUT2D eigenvalue weighted by molar-refractivity contribution is 6.40. The van der Waals surface area contributed by atoms with Gasteiger partial charge in [-0.25, -0.2) is 4.39 Å². The number of aryl methyl sites for hydroxylation is 1. The van der Waals surface area contributed by atoms with Crippen molar-refractivity contribution in [1.29, 1.82) is 0 Å². The molecule has 0 spiro atoms. The Bertz CT molecular complexity index is 924. The summed E-state index contributed by atoms with van der Waals surface area (Å²) in [6, 6.07) is 10.7. The normalized spacial score (nSPS) is 18.9. The van der Waals surface area contributed by atoms with E-state index < -0.39 is 0 Å². The lowest BCUT2D eigenvalue weighted by molar-refractivity contribution is -0.124. The van der Waals surface area contributed by atoms with Crippen molar-refractivity contribution in [2.24, 2.45) is 11.8 Å². The van der Waals surface area contributed by atoms with Gasteiger partial charge in [0.2, 0.25) is 5.91 Å². The van der Waals surface area contributed by atoms with E-state index in [0.29, 0.717) is 34.3 Å². The summed E-state index contributed by atoms with van der Waals surface area (Å²) in [4.78, 5) is 17.2. The van der Waals surface area contributed by atoms with E-state index in [0.717, 1.165) is 50.9 Å². The number of amides is 1. The molecule has 3 nitrogen and oxygen atoms in total. The molecule has 0 unspecified atom stereocenters. The fourth-order valence-electron chi connectivity index (χ4n) is 4.84. The van der Waals surface area contributed by atoms with Gasteiger partial charge in [-0.15, -0.1) is 0 Å². The summed E-state index contributed by atoms with van der Waals surface area (Å²) in [6.45, 7) is 10.0. The molecule has 1 saturated heterocycles. The number of halogens is 3. The third-order valence-electron chi connectivity index (χ3n) is 6.71. The molecule has 3 rings (SSSR count). The zero-order chi connectivity index (χ0) is 24.0. The van der Waals surface area contributed by atoms with Crippen LogP contribution in [0.3, 0.4) is 0 Å². The van der Waals surface area contributed by atoms with Crippen LogP contribution in [0, 0.1) is 17.7 Å². The summed E-state index contributed by atoms with van der Waals surface area (Å²) in [5.74, 6) is -0.200. The smallest absolute Gasteiger partial charge is 0.229 e. The third-order valence-corrected chi connectivity index (χ3v) is 7.29. The van der Waals surface area contributed by atoms with Crippen LogP contribution in [-0.4, -0.2) is 37.0 Å². The van der Waals surface area contributed by atoms with Crippen LogP contribution < -0.4 is 4.90 Å². The molecule has 0 aromatic heterocycles. The lowest BCUT2D eigenvalue weighted by Gasteiger charge is -2.37. The zero-order valence-corrected chi connectivity index (χ0v) is 21.4. The van der Waals surface area contributed by atoms with E-state index in [4.69, 9.17) is 23.2 Å². The zero-order valence-electron chi connectivity index (χ0n) is 19.9. The van der Waals surface area contributed by atoms with Crippen molar-refractivity contribution in [3.05, 3.63) is 63.4 Å². The minimum Gasteiger partial charge on any atom is -0.309 e. The van der Waals surface area contributed by atoms with Gasteiger partial charge in [0.1, 0.15) is 5.82 Å². The summed E-state index contributed by atoms with van der Waals surface area (Å²) in [5, 5.41) is 1.02. The maximum Gasteiger partial charge on any atom is 0.229 e. The molecule has 2 atom stereocenters. The van der Waals surface area contributed by atoms with Crippen LogP contribution in [0.4, 0.5) is 10.1 Å². The van der Waals surface area contributed by atoms with Gasteiger partial charge < -0.3 is 9.80 Å². The van der Waals surface area contributed by atoms with Gasteiger partial charge in [-0.3, -0.25) is 4.79 Å². The van der Waals surface area contributed by atoms with Crippen LogP contribution in [-0.2, 0) is 17.6 Å². The van der Waals surface area contributed by atoms with Crippen molar-refractivity contribution >= 4 is 34.8 Å². The number of carbonyl (C=O) groups is 1. The fourth-order valence-corrected chi connectivity index (χ4v) is 5.57. The number of rotatable bonds is 10. The Morgan fingerprint density at radius 3 is 2.39 bits per heavy atom. The van der Waals surface area contributed by atoms with E-state index in [9.17, 15) is 9.18 Å². The summed E-state index contributed by atoms with van der Waals surface area (Å²) in [6.07, 6.45) is 4.40. The lowest BCUT2D eigenvalue weighted by Crippen LogP contribution is -2.45. The van der Waals surface area contributed by atoms with Gasteiger partial charge in [-0.05, 0) is 87.0 Å². The summed E-state index contributed by atoms with van der Waals surface area (Å²) >= 11 is 13.4. The molecule has 33 heavy (non-hydrogen) atoms. The van der Waals surface area contributed by atoms with Gasteiger partial charge >= 0.3 is 0 Å². The number of piperidine rings is 1. The second kappa shape index (κ2) is 12.2. The van der Waals surface area contributed by atoms with E-state index in [-0.39, 0.29) is 23.6 Å². The monoisotopic (exact) mass is 492 g/mol. The van der Waals surface area contributed by atoms with Gasteiger partial charge in [-0.2, -0.15) is 0 Å². The van der Waals surface area contributed by atoms with Crippen molar-refractivity contribution < 1.29 is 9.18 Å². The molecule has 0 radical (unpaired) electrons. The van der Waals surface area contributed by atoms with Crippen LogP contribution in [0.1, 0.15) is 51.2 Å². The minimum absolute atomic E-state index is 0.0237. The Morgan fingerprint density at radius 1 is 1.09 bits per heavy atom. The second-order valence-corrected chi connectivity index (χ2v) is 9.95. The predicted molar refractivity (Wildman–Crippen MR) is 137 cm³/mol. The Labute approximate surface area is 207 Å². The maximum absolute atomic E-state index is 14.2. The first kappa shape index (κ1) is 26.0. The van der Waals surface area contributed by atoms with Crippen molar-refractivity contribution in [1.82, 2.24) is 4.90 Å². The van der Waals surface area contributed by atoms with Gasteiger partial charge in [0, 0.05) is 12.5 Å². The predicted octanol–water partition coefficient (Wildman–Crippen LogP) is 7.03. The Balaban J connectivity index is 1.71. The number of hydrogen-bond acceptors (Lipinski definition) is 2. The van der Waals surface area contributed by atoms with Crippen molar-refractivity contribution in [3.63, 3.8) is 0 Å². The Kier molecular flexibility index (Phi) is 9.60. The number of carbonyl (C=O) groups excluding carboxylic acids is 1. The fraction of sp³-hybridized carbons (Fsp3) is 0.519. The summed E-state index contributed by atoms with van der Waals surface area (Å²) in [5.41, 5.74) is 2.36. The van der Waals surface area contributed by atoms with E-state index in [1.165, 1.54) is 6.07 Å². The van der Waals surface area contributed by atoms with Crippen LogP contribution in [0.15, 0.2) is 36.4 Å². The number of anilines is 1. The summed E-state index contributed by atoms with van der Waals surface area (Å²) < 4.78 is 14.2. The largest absolute Gasteiger partial charge is 0.309 e. The molecule has 180 valence electrons. The Hall–Kier alpha value is -1.62. The number of hydrogen-bond donors (Lipinski definition) is 0. The molecule has 0 bridgehead atoms. The molecule has 1 aliphatic rings. The van der Waals surface area contributed by atoms with E-state index in [2.05, 4.69) is 18.7 Å². The van der Waals surface area contributed by atoms with E-state index >= 15 is 0 Å². The van der Waals surface area contributed by atoms with Crippen molar-refractivity contribution in [2.75, 3.05) is 31.1 Å². The molecule has 0 N–H and O–H groups in total. The van der Waals surface area contributed by atoms with Crippen LogP contribution in [0.25, 0.3) is 0 Å². The molecule has 0 aliphatic carbocycles. The standard InChI is InChI=1S/C27H35Cl2FN2O/c1-4-31(5-2)13-9-8-10-20-16-23(28)26(24(29)17-20)32-18-21(14-19(3)27(32)33)15-22-11-6-7-12-25(22)30/h6-7,11-12,16-17,19,21H,4-5,8-10,13-15,18H2,1-3H3/t19-,21-/m1/s1. The molecule has 1 heterocycles. The molecule has 0 saturated carbocycles. The molecular weight excluding hydrogens is 458 g/mol. The van der Waals surface area contributed by atoms with Gasteiger partial charge in [0.05, 0.1) is 15.7 Å². The SMILES string of the molecule is CCN(CC)CCCCc1cc(Cl)c(N2C[C@@H](Cc3ccccc3F)C[C@@H](C)C2=O)c(Cl)c1. The lowest BCUT2D eigenvalue weighted by atomic mass is 9.85. The van der Waals surface area contributed by atoms with Gasteiger partial charge in [-0.1, -0.05) is 62.2 Å². The molecule has 6 heteroatoms. The molecule has 1 aliphatic heterocycles. The van der Waals surface area contributed by atoms with Gasteiger partial charge in [0.15, 0.2) is 0 Å². The number of benzene rings is 2. The highest BCUT2D eigenvalue weighted by Gasteiger charge is 2.34. The van der Waals surface area contributed by atoms with Crippen LogP contribution in [0.2, 0.25) is 10.0 Å². The highest BCUT2D eigenvalue weighted by Crippen LogP contribution is 2.39. The van der Waals surface area contributed by atoms with Crippen LogP contribution >= 0.6 is 23.2 Å². The van der Waals surface area contributed by atoms with Gasteiger partial charge in [0.25, 0.3) is 0 Å². The molecular formula is C27H35Cl2FN2O. The highest BCUT2D eigenvalue weighted by atomic mass is 35.5. The average Bonchev–Trinajstić information content (AvgIpc) is 2.78. The first-order valence-corrected chi connectivity index (χ1v) is 12.8. The van der Waals surface area contributed by atoms with Crippen molar-refractivity contribution in [2.45, 2.75) is 52.9 Å². The Morgan fingerprint density at radius 2 is 1.76 bits per heavy atom. The van der Waals surface area contributed by atoms with E-state index in [1.807, 2.05) is 31.2 Å². The maximum atomic E-state index is 14.2. The number of unbranched alkanes of at least 4 members (excludes halogenated alkanes) is 1. The number of nitrogens with zero attached hydrogens (tertiary/aromatic N) is 2. The molecule has 2 aromatic rings. The first-order chi connectivity index (χ1) is 15.8. The average molecular weight is 493 g/mol. The quantitative estimate of drug-likeness (QED) is 0.332. The third kappa shape index (κ3) is 6.71. The van der Waals surface area contributed by atoms with Crippen LogP contribution in [0.5, 0.6) is 0 Å². The molecule has 1 amide bonds.